The zero-order valence-corrected chi connectivity index (χ0v) is 19.0. The predicted octanol–water partition coefficient (Wildman–Crippen LogP) is -1.79. The maximum atomic E-state index is 12.7. The highest BCUT2D eigenvalue weighted by Gasteiger charge is 2.47. The number of nitrogens with zero attached hydrogens (tertiary/aromatic N) is 1. The van der Waals surface area contributed by atoms with E-state index < -0.39 is 65.9 Å². The van der Waals surface area contributed by atoms with Crippen LogP contribution < -0.4 is 16.7 Å². The van der Waals surface area contributed by atoms with E-state index in [0.717, 1.165) is 16.8 Å². The first-order valence-corrected chi connectivity index (χ1v) is 13.1. The van der Waals surface area contributed by atoms with E-state index in [1.54, 1.807) is 0 Å². The number of hydrogen-bond donors (Lipinski definition) is 7. The predicted molar refractivity (Wildman–Crippen MR) is 104 cm³/mol. The summed E-state index contributed by atoms with van der Waals surface area (Å²) in [4.78, 5) is 51.7. The summed E-state index contributed by atoms with van der Waals surface area (Å²) in [5.74, 6) is 0. The molecule has 0 saturated carbocycles. The number of H-pyrrole nitrogens is 1. The van der Waals surface area contributed by atoms with Gasteiger partial charge in [0.2, 0.25) is 0 Å². The van der Waals surface area contributed by atoms with Crippen molar-refractivity contribution in [2.45, 2.75) is 24.5 Å². The van der Waals surface area contributed by atoms with Crippen LogP contribution in [0.2, 0.25) is 0 Å². The third kappa shape index (κ3) is 8.13. The summed E-state index contributed by atoms with van der Waals surface area (Å²) in [6.07, 6.45) is -4.41. The van der Waals surface area contributed by atoms with Gasteiger partial charge in [-0.15, -0.1) is 6.58 Å². The molecule has 6 atom stereocenters. The van der Waals surface area contributed by atoms with E-state index in [2.05, 4.69) is 19.8 Å². The maximum absolute atomic E-state index is 12.7. The van der Waals surface area contributed by atoms with Gasteiger partial charge in [-0.2, -0.15) is 18.7 Å². The summed E-state index contributed by atoms with van der Waals surface area (Å²) in [6, 6.07) is 0.939. The van der Waals surface area contributed by atoms with Crippen molar-refractivity contribution in [1.29, 1.82) is 0 Å². The molecule has 1 fully saturated rings. The molecule has 1 aliphatic heterocycles. The zero-order chi connectivity index (χ0) is 25.0. The Morgan fingerprint density at radius 2 is 1.85 bits per heavy atom. The number of aromatic amines is 1. The molecule has 7 N–H and O–H groups in total. The van der Waals surface area contributed by atoms with E-state index in [1.165, 1.54) is 6.08 Å². The lowest BCUT2D eigenvalue weighted by molar-refractivity contribution is -0.0563. The van der Waals surface area contributed by atoms with Gasteiger partial charge >= 0.3 is 29.2 Å². The Bertz CT molecular complexity index is 1100. The van der Waals surface area contributed by atoms with Crippen molar-refractivity contribution in [2.75, 3.05) is 13.2 Å². The Hall–Kier alpha value is -1.33. The van der Waals surface area contributed by atoms with Crippen LogP contribution in [-0.4, -0.2) is 65.9 Å². The van der Waals surface area contributed by atoms with Gasteiger partial charge in [0.15, 0.2) is 6.23 Å². The normalized spacial score (nSPS) is 27.1. The summed E-state index contributed by atoms with van der Waals surface area (Å²) in [5.41, 5.74) is 0.236. The van der Waals surface area contributed by atoms with Gasteiger partial charge < -0.3 is 29.6 Å². The molecule has 0 amide bonds. The summed E-state index contributed by atoms with van der Waals surface area (Å²) >= 11 is 0. The Labute approximate surface area is 183 Å². The van der Waals surface area contributed by atoms with Crippen LogP contribution in [0.15, 0.2) is 34.5 Å². The first kappa shape index (κ1) is 27.9. The highest BCUT2D eigenvalue weighted by Crippen LogP contribution is 2.68. The van der Waals surface area contributed by atoms with Crippen LogP contribution >= 0.6 is 23.5 Å². The van der Waals surface area contributed by atoms with Gasteiger partial charge in [-0.3, -0.25) is 18.9 Å². The molecule has 4 unspecified atom stereocenters. The van der Waals surface area contributed by atoms with Crippen LogP contribution in [0, 0.1) is 0 Å². The van der Waals surface area contributed by atoms with Crippen LogP contribution in [0.1, 0.15) is 6.23 Å². The average molecular weight is 539 g/mol. The Morgan fingerprint density at radius 3 is 2.42 bits per heavy atom. The molecule has 0 spiro atoms. The third-order valence-electron chi connectivity index (χ3n) is 3.68. The fourth-order valence-electron chi connectivity index (χ4n) is 2.41. The molecule has 18 nitrogen and oxygen atoms in total. The van der Waals surface area contributed by atoms with Gasteiger partial charge in [-0.05, 0) is 0 Å². The quantitative estimate of drug-likeness (QED) is 0.0669. The fourth-order valence-corrected chi connectivity index (χ4v) is 5.82. The number of rotatable bonds is 12. The van der Waals surface area contributed by atoms with Crippen LogP contribution in [0.4, 0.5) is 0 Å². The van der Waals surface area contributed by atoms with E-state index in [4.69, 9.17) is 19.0 Å². The van der Waals surface area contributed by atoms with Crippen LogP contribution in [-0.2, 0) is 36.2 Å². The summed E-state index contributed by atoms with van der Waals surface area (Å²) < 4.78 is 58.1. The molecule has 1 aromatic heterocycles. The second-order valence-corrected chi connectivity index (χ2v) is 10.7. The van der Waals surface area contributed by atoms with Gasteiger partial charge in [0.1, 0.15) is 18.3 Å². The van der Waals surface area contributed by atoms with Crippen molar-refractivity contribution < 1.29 is 61.1 Å². The summed E-state index contributed by atoms with van der Waals surface area (Å²) in [7, 11) is -16.5. The van der Waals surface area contributed by atoms with E-state index >= 15 is 0 Å². The number of aliphatic hydroxyl groups is 2. The van der Waals surface area contributed by atoms with Gasteiger partial charge in [0, 0.05) is 18.8 Å². The van der Waals surface area contributed by atoms with Gasteiger partial charge in [0.25, 0.3) is 5.56 Å². The number of hydroxylamine groups is 1. The Morgan fingerprint density at radius 1 is 1.18 bits per heavy atom. The molecular formula is C12H20N3O15P3. The number of aliphatic hydroxyl groups excluding tert-OH is 2. The van der Waals surface area contributed by atoms with Gasteiger partial charge in [0.05, 0.1) is 6.61 Å². The van der Waals surface area contributed by atoms with E-state index in [0.29, 0.717) is 0 Å². The summed E-state index contributed by atoms with van der Waals surface area (Å²) in [5, 5.41) is 20.3. The minimum absolute atomic E-state index is 0.204. The van der Waals surface area contributed by atoms with E-state index in [-0.39, 0.29) is 6.54 Å². The average Bonchev–Trinajstić information content (AvgIpc) is 2.93. The summed E-state index contributed by atoms with van der Waals surface area (Å²) in [6.45, 7) is 2.14. The van der Waals surface area contributed by atoms with Crippen molar-refractivity contribution in [3.05, 3.63) is 45.8 Å². The van der Waals surface area contributed by atoms with E-state index in [9.17, 15) is 38.4 Å². The van der Waals surface area contributed by atoms with Crippen molar-refractivity contribution in [3.63, 3.8) is 0 Å². The van der Waals surface area contributed by atoms with Crippen molar-refractivity contribution in [3.8, 4) is 0 Å². The van der Waals surface area contributed by atoms with E-state index in [1.807, 2.05) is 10.5 Å². The third-order valence-corrected chi connectivity index (χ3v) is 7.80. The highest BCUT2D eigenvalue weighted by atomic mass is 31.3. The molecule has 2 heterocycles. The minimum atomic E-state index is -5.72. The van der Waals surface area contributed by atoms with Gasteiger partial charge in [-0.25, -0.2) is 18.5 Å². The Balaban J connectivity index is 2.16. The monoisotopic (exact) mass is 539 g/mol. The molecule has 33 heavy (non-hydrogen) atoms. The lowest BCUT2D eigenvalue weighted by Gasteiger charge is -2.22. The number of nitrogens with one attached hydrogen (secondary N) is 2. The molecule has 1 aromatic rings. The number of hydrogen-bond acceptors (Lipinski definition) is 13. The topological polar surface area (TPSA) is 265 Å². The first-order chi connectivity index (χ1) is 15.2. The SMILES string of the molecule is C=CCNOP(=O)(OC[C@@H]1O[C@H](n2ccc(=O)[nH]c2=O)C(O)C1O)OP(=O)(O)OP(=O)(O)O. The molecule has 1 saturated heterocycles. The number of aromatic nitrogens is 2. The molecule has 0 aliphatic carbocycles. The standard InChI is InChI=1S/C12H20N3O15P3/c1-2-4-13-28-33(25,30-32(23,24)29-31(20,21)22)26-6-7-9(17)10(18)11(27-7)15-5-3-8(16)14-12(15)19/h2-3,5,7,9-11,13,17-18H,1,4,6H2,(H,23,24)(H,14,16,19)(H2,20,21,22)/t7-,9?,10?,11-,33?/m0/s1. The van der Waals surface area contributed by atoms with Crippen LogP contribution in [0.25, 0.3) is 0 Å². The van der Waals surface area contributed by atoms with Crippen molar-refractivity contribution in [1.82, 2.24) is 15.0 Å². The lowest BCUT2D eigenvalue weighted by atomic mass is 10.1. The lowest BCUT2D eigenvalue weighted by Crippen LogP contribution is -2.37. The fraction of sp³-hybridized carbons (Fsp3) is 0.500. The second kappa shape index (κ2) is 10.9. The number of phosphoric acid groups is 3. The molecule has 0 radical (unpaired) electrons. The number of ether oxygens (including phenoxy) is 1. The maximum Gasteiger partial charge on any atom is 0.500 e. The molecule has 21 heteroatoms. The largest absolute Gasteiger partial charge is 0.500 e. The molecule has 1 aliphatic rings. The molecular weight excluding hydrogens is 519 g/mol. The zero-order valence-electron chi connectivity index (χ0n) is 16.3. The van der Waals surface area contributed by atoms with Crippen LogP contribution in [0.5, 0.6) is 0 Å². The van der Waals surface area contributed by atoms with Crippen molar-refractivity contribution >= 4 is 23.5 Å². The van der Waals surface area contributed by atoms with Crippen LogP contribution in [0.3, 0.4) is 0 Å². The smallest absolute Gasteiger partial charge is 0.387 e. The molecule has 188 valence electrons. The Kier molecular flexibility index (Phi) is 9.26. The molecule has 2 rings (SSSR count). The second-order valence-electron chi connectivity index (χ2n) is 6.16. The van der Waals surface area contributed by atoms with Gasteiger partial charge in [-0.1, -0.05) is 6.08 Å². The molecule has 0 aromatic carbocycles. The minimum Gasteiger partial charge on any atom is -0.387 e. The first-order valence-electron chi connectivity index (χ1n) is 8.57. The van der Waals surface area contributed by atoms with Crippen molar-refractivity contribution in [2.24, 2.45) is 0 Å². The highest BCUT2D eigenvalue weighted by molar-refractivity contribution is 7.66. The molecule has 0 bridgehead atoms.